The molecule has 0 fully saturated rings. The molecule has 2 aromatic heterocycles. The van der Waals surface area contributed by atoms with Gasteiger partial charge in [-0.2, -0.15) is 9.97 Å². The van der Waals surface area contributed by atoms with E-state index in [0.717, 1.165) is 17.9 Å². The number of nitrogens with one attached hydrogen (secondary N) is 3. The van der Waals surface area contributed by atoms with Crippen molar-refractivity contribution in [1.82, 2.24) is 19.9 Å². The van der Waals surface area contributed by atoms with Crippen molar-refractivity contribution in [2.75, 3.05) is 17.2 Å². The highest BCUT2D eigenvalue weighted by molar-refractivity contribution is 5.83. The van der Waals surface area contributed by atoms with Crippen LogP contribution in [0.15, 0.2) is 6.33 Å². The van der Waals surface area contributed by atoms with Gasteiger partial charge in [-0.15, -0.1) is 0 Å². The summed E-state index contributed by atoms with van der Waals surface area (Å²) in [6.45, 7) is 9.05. The normalized spacial score (nSPS) is 11.8. The molecular formula is C11H18N6. The summed E-state index contributed by atoms with van der Waals surface area (Å²) < 4.78 is 0. The van der Waals surface area contributed by atoms with E-state index in [-0.39, 0.29) is 5.54 Å². The molecule has 0 amide bonds. The van der Waals surface area contributed by atoms with Gasteiger partial charge in [0.05, 0.1) is 6.33 Å². The molecule has 0 atom stereocenters. The van der Waals surface area contributed by atoms with Crippen LogP contribution in [0.2, 0.25) is 0 Å². The molecule has 6 nitrogen and oxygen atoms in total. The lowest BCUT2D eigenvalue weighted by atomic mass is 10.1. The Hall–Kier alpha value is -1.85. The standard InChI is InChI=1S/C11H18N6/c1-5-12-10-15-8-7(13-6-14-8)9(16-10)17-11(2,3)4/h6H,5H2,1-4H3,(H3,12,13,14,15,16,17). The maximum Gasteiger partial charge on any atom is 0.226 e. The number of aromatic amines is 1. The van der Waals surface area contributed by atoms with Gasteiger partial charge in [-0.3, -0.25) is 0 Å². The number of nitrogens with zero attached hydrogens (tertiary/aromatic N) is 3. The molecule has 2 aromatic rings. The summed E-state index contributed by atoms with van der Waals surface area (Å²) in [6.07, 6.45) is 1.63. The van der Waals surface area contributed by atoms with E-state index in [1.54, 1.807) is 6.33 Å². The topological polar surface area (TPSA) is 78.5 Å². The summed E-state index contributed by atoms with van der Waals surface area (Å²) in [5.41, 5.74) is 1.44. The fourth-order valence-electron chi connectivity index (χ4n) is 1.52. The van der Waals surface area contributed by atoms with Crippen LogP contribution in [-0.2, 0) is 0 Å². The zero-order chi connectivity index (χ0) is 12.5. The first-order valence-corrected chi connectivity index (χ1v) is 5.73. The first-order chi connectivity index (χ1) is 7.99. The third-order valence-corrected chi connectivity index (χ3v) is 2.11. The average Bonchev–Trinajstić information content (AvgIpc) is 2.63. The molecule has 0 aliphatic rings. The molecule has 0 spiro atoms. The van der Waals surface area contributed by atoms with Crippen molar-refractivity contribution in [3.63, 3.8) is 0 Å². The first kappa shape index (κ1) is 11.6. The highest BCUT2D eigenvalue weighted by Crippen LogP contribution is 2.21. The lowest BCUT2D eigenvalue weighted by Crippen LogP contribution is -2.27. The number of hydrogen-bond donors (Lipinski definition) is 3. The molecular weight excluding hydrogens is 216 g/mol. The van der Waals surface area contributed by atoms with Crippen molar-refractivity contribution >= 4 is 22.9 Å². The largest absolute Gasteiger partial charge is 0.364 e. The summed E-state index contributed by atoms with van der Waals surface area (Å²) in [4.78, 5) is 16.0. The van der Waals surface area contributed by atoms with Crippen molar-refractivity contribution in [3.05, 3.63) is 6.33 Å². The second-order valence-corrected chi connectivity index (χ2v) is 4.90. The van der Waals surface area contributed by atoms with Crippen LogP contribution in [0, 0.1) is 0 Å². The van der Waals surface area contributed by atoms with E-state index >= 15 is 0 Å². The molecule has 0 bridgehead atoms. The molecule has 2 heterocycles. The minimum absolute atomic E-state index is 0.0596. The molecule has 0 unspecified atom stereocenters. The number of hydrogen-bond acceptors (Lipinski definition) is 5. The lowest BCUT2D eigenvalue weighted by molar-refractivity contribution is 0.631. The van der Waals surface area contributed by atoms with Crippen LogP contribution in [0.1, 0.15) is 27.7 Å². The molecule has 0 saturated heterocycles. The van der Waals surface area contributed by atoms with E-state index in [1.807, 2.05) is 6.92 Å². The molecule has 0 radical (unpaired) electrons. The Morgan fingerprint density at radius 3 is 2.71 bits per heavy atom. The third kappa shape index (κ3) is 2.64. The highest BCUT2D eigenvalue weighted by atomic mass is 15.2. The van der Waals surface area contributed by atoms with Crippen molar-refractivity contribution in [1.29, 1.82) is 0 Å². The van der Waals surface area contributed by atoms with Gasteiger partial charge in [0.1, 0.15) is 5.52 Å². The molecule has 6 heteroatoms. The summed E-state index contributed by atoms with van der Waals surface area (Å²) in [5.74, 6) is 1.37. The van der Waals surface area contributed by atoms with Crippen LogP contribution < -0.4 is 10.6 Å². The van der Waals surface area contributed by atoms with Gasteiger partial charge in [0.25, 0.3) is 0 Å². The van der Waals surface area contributed by atoms with Gasteiger partial charge >= 0.3 is 0 Å². The third-order valence-electron chi connectivity index (χ3n) is 2.11. The van der Waals surface area contributed by atoms with Gasteiger partial charge in [-0.05, 0) is 27.7 Å². The van der Waals surface area contributed by atoms with Crippen LogP contribution in [0.4, 0.5) is 11.8 Å². The Bertz CT molecular complexity index is 510. The molecule has 0 saturated carbocycles. The van der Waals surface area contributed by atoms with Gasteiger partial charge < -0.3 is 15.6 Å². The number of aromatic nitrogens is 4. The fraction of sp³-hybridized carbons (Fsp3) is 0.545. The number of imidazole rings is 1. The monoisotopic (exact) mass is 234 g/mol. The van der Waals surface area contributed by atoms with Gasteiger partial charge in [0.2, 0.25) is 5.95 Å². The average molecular weight is 234 g/mol. The SMILES string of the molecule is CCNc1nc(NC(C)(C)C)c2[nH]cnc2n1. The maximum absolute atomic E-state index is 4.44. The minimum Gasteiger partial charge on any atom is -0.364 e. The number of anilines is 2. The summed E-state index contributed by atoms with van der Waals surface area (Å²) in [7, 11) is 0. The van der Waals surface area contributed by atoms with Gasteiger partial charge in [-0.1, -0.05) is 0 Å². The van der Waals surface area contributed by atoms with Crippen molar-refractivity contribution < 1.29 is 0 Å². The van der Waals surface area contributed by atoms with Gasteiger partial charge in [0.15, 0.2) is 11.5 Å². The van der Waals surface area contributed by atoms with Crippen LogP contribution in [0.25, 0.3) is 11.2 Å². The Labute approximate surface area is 100 Å². The summed E-state index contributed by atoms with van der Waals surface area (Å²) in [5, 5.41) is 6.45. The Morgan fingerprint density at radius 1 is 1.29 bits per heavy atom. The Morgan fingerprint density at radius 2 is 2.06 bits per heavy atom. The van der Waals surface area contributed by atoms with Gasteiger partial charge in [-0.25, -0.2) is 4.98 Å². The zero-order valence-corrected chi connectivity index (χ0v) is 10.6. The Balaban J connectivity index is 2.47. The fourth-order valence-corrected chi connectivity index (χ4v) is 1.52. The summed E-state index contributed by atoms with van der Waals surface area (Å²) >= 11 is 0. The smallest absolute Gasteiger partial charge is 0.226 e. The van der Waals surface area contributed by atoms with Gasteiger partial charge in [0, 0.05) is 12.1 Å². The van der Waals surface area contributed by atoms with Crippen LogP contribution in [0.5, 0.6) is 0 Å². The van der Waals surface area contributed by atoms with Crippen LogP contribution in [-0.4, -0.2) is 32.0 Å². The maximum atomic E-state index is 4.44. The number of rotatable bonds is 3. The molecule has 17 heavy (non-hydrogen) atoms. The van der Waals surface area contributed by atoms with Crippen molar-refractivity contribution in [2.45, 2.75) is 33.2 Å². The predicted octanol–water partition coefficient (Wildman–Crippen LogP) is 2.00. The second kappa shape index (κ2) is 4.20. The van der Waals surface area contributed by atoms with Crippen molar-refractivity contribution in [3.8, 4) is 0 Å². The molecule has 0 aromatic carbocycles. The highest BCUT2D eigenvalue weighted by Gasteiger charge is 2.15. The minimum atomic E-state index is -0.0596. The van der Waals surface area contributed by atoms with Crippen LogP contribution >= 0.6 is 0 Å². The quantitative estimate of drug-likeness (QED) is 0.757. The molecule has 0 aliphatic carbocycles. The summed E-state index contributed by atoms with van der Waals surface area (Å²) in [6, 6.07) is 0. The second-order valence-electron chi connectivity index (χ2n) is 4.90. The first-order valence-electron chi connectivity index (χ1n) is 5.73. The molecule has 2 rings (SSSR count). The molecule has 92 valence electrons. The van der Waals surface area contributed by atoms with Crippen molar-refractivity contribution in [2.24, 2.45) is 0 Å². The molecule has 3 N–H and O–H groups in total. The molecule has 0 aliphatic heterocycles. The van der Waals surface area contributed by atoms with E-state index in [1.165, 1.54) is 0 Å². The van der Waals surface area contributed by atoms with Crippen LogP contribution in [0.3, 0.4) is 0 Å². The van der Waals surface area contributed by atoms with E-state index in [0.29, 0.717) is 11.6 Å². The zero-order valence-electron chi connectivity index (χ0n) is 10.6. The van der Waals surface area contributed by atoms with E-state index in [2.05, 4.69) is 51.3 Å². The lowest BCUT2D eigenvalue weighted by Gasteiger charge is -2.21. The van der Waals surface area contributed by atoms with E-state index < -0.39 is 0 Å². The van der Waals surface area contributed by atoms with E-state index in [9.17, 15) is 0 Å². The number of H-pyrrole nitrogens is 1. The number of fused-ring (bicyclic) bond motifs is 1. The Kier molecular flexibility index (Phi) is 2.87. The predicted molar refractivity (Wildman–Crippen MR) is 69.2 cm³/mol. The van der Waals surface area contributed by atoms with E-state index in [4.69, 9.17) is 0 Å².